The maximum absolute atomic E-state index is 2.20. The van der Waals surface area contributed by atoms with Crippen LogP contribution in [0.1, 0.15) is 41.5 Å². The lowest BCUT2D eigenvalue weighted by molar-refractivity contribution is 0.543. The fourth-order valence-electron chi connectivity index (χ4n) is 0.817. The van der Waals surface area contributed by atoms with E-state index in [1.807, 2.05) is 0 Å². The monoisotopic (exact) mass is 192 g/mol. The summed E-state index contributed by atoms with van der Waals surface area (Å²) in [5, 5.41) is 0. The molecule has 0 rings (SSSR count). The van der Waals surface area contributed by atoms with E-state index in [1.54, 1.807) is 0 Å². The van der Waals surface area contributed by atoms with E-state index in [0.29, 0.717) is 0 Å². The summed E-state index contributed by atoms with van der Waals surface area (Å²) < 4.78 is 0. The molecule has 0 aliphatic rings. The van der Waals surface area contributed by atoms with Crippen LogP contribution in [0, 0.1) is 10.8 Å². The van der Waals surface area contributed by atoms with Crippen LogP contribution in [0.15, 0.2) is 36.5 Å². The van der Waals surface area contributed by atoms with Crippen molar-refractivity contribution in [1.29, 1.82) is 0 Å². The largest absolute Gasteiger partial charge is 0.0791 e. The second-order valence-corrected chi connectivity index (χ2v) is 5.84. The topological polar surface area (TPSA) is 0 Å². The van der Waals surface area contributed by atoms with Crippen LogP contribution in [0.5, 0.6) is 0 Å². The Labute approximate surface area is 89.4 Å². The third kappa shape index (κ3) is 11.2. The molecule has 0 unspecified atom stereocenters. The highest BCUT2D eigenvalue weighted by molar-refractivity contribution is 5.14. The van der Waals surface area contributed by atoms with Crippen LogP contribution in [0.4, 0.5) is 0 Å². The van der Waals surface area contributed by atoms with Crippen molar-refractivity contribution >= 4 is 0 Å². The molecule has 0 heterocycles. The maximum atomic E-state index is 2.20. The standard InChI is InChI=1S/C14H24/c1-13(2,3)11-9-7-8-10-12-14(4,5)6/h7-12H,1-6H3. The van der Waals surface area contributed by atoms with Gasteiger partial charge in [0.15, 0.2) is 0 Å². The molecule has 0 atom stereocenters. The van der Waals surface area contributed by atoms with Crippen molar-refractivity contribution in [3.63, 3.8) is 0 Å². The molecule has 0 aliphatic carbocycles. The minimum atomic E-state index is 0.276. The van der Waals surface area contributed by atoms with Crippen molar-refractivity contribution < 1.29 is 0 Å². The van der Waals surface area contributed by atoms with Gasteiger partial charge in [-0.25, -0.2) is 0 Å². The van der Waals surface area contributed by atoms with Gasteiger partial charge < -0.3 is 0 Å². The maximum Gasteiger partial charge on any atom is -0.0200 e. The van der Waals surface area contributed by atoms with E-state index in [9.17, 15) is 0 Å². The highest BCUT2D eigenvalue weighted by Crippen LogP contribution is 2.15. The molecule has 0 spiro atoms. The average Bonchev–Trinajstić information content (AvgIpc) is 1.92. The fourth-order valence-corrected chi connectivity index (χ4v) is 0.817. The second-order valence-electron chi connectivity index (χ2n) is 5.84. The Morgan fingerprint density at radius 3 is 1.00 bits per heavy atom. The van der Waals surface area contributed by atoms with Crippen molar-refractivity contribution in [2.45, 2.75) is 41.5 Å². The molecule has 0 saturated carbocycles. The number of allylic oxidation sites excluding steroid dienone is 6. The summed E-state index contributed by atoms with van der Waals surface area (Å²) in [6, 6.07) is 0. The average molecular weight is 192 g/mol. The molecule has 0 radical (unpaired) electrons. The predicted octanol–water partition coefficient (Wildman–Crippen LogP) is 4.75. The van der Waals surface area contributed by atoms with Gasteiger partial charge in [-0.1, -0.05) is 78.0 Å². The summed E-state index contributed by atoms with van der Waals surface area (Å²) >= 11 is 0. The summed E-state index contributed by atoms with van der Waals surface area (Å²) in [6.45, 7) is 13.2. The highest BCUT2D eigenvalue weighted by Gasteiger charge is 2.02. The Morgan fingerprint density at radius 1 is 0.500 bits per heavy atom. The van der Waals surface area contributed by atoms with Gasteiger partial charge in [0.25, 0.3) is 0 Å². The van der Waals surface area contributed by atoms with Crippen molar-refractivity contribution in [3.8, 4) is 0 Å². The third-order valence-electron chi connectivity index (χ3n) is 1.53. The fraction of sp³-hybridized carbons (Fsp3) is 0.571. The minimum absolute atomic E-state index is 0.276. The van der Waals surface area contributed by atoms with Gasteiger partial charge >= 0.3 is 0 Å². The molecule has 80 valence electrons. The SMILES string of the molecule is CC(C)(C)C=CC=CC=CC(C)(C)C. The van der Waals surface area contributed by atoms with Crippen molar-refractivity contribution in [2.24, 2.45) is 10.8 Å². The van der Waals surface area contributed by atoms with E-state index in [-0.39, 0.29) is 10.8 Å². The summed E-state index contributed by atoms with van der Waals surface area (Å²) in [6.07, 6.45) is 12.8. The van der Waals surface area contributed by atoms with E-state index in [0.717, 1.165) is 0 Å². The zero-order valence-corrected chi connectivity index (χ0v) is 10.5. The zero-order chi connectivity index (χ0) is 11.2. The molecule has 0 fully saturated rings. The summed E-state index contributed by atoms with van der Waals surface area (Å²) in [4.78, 5) is 0. The Morgan fingerprint density at radius 2 is 0.786 bits per heavy atom. The first-order chi connectivity index (χ1) is 6.21. The van der Waals surface area contributed by atoms with Crippen LogP contribution in [-0.2, 0) is 0 Å². The number of hydrogen-bond donors (Lipinski definition) is 0. The second kappa shape index (κ2) is 5.19. The van der Waals surface area contributed by atoms with E-state index in [4.69, 9.17) is 0 Å². The Balaban J connectivity index is 3.99. The van der Waals surface area contributed by atoms with Crippen LogP contribution < -0.4 is 0 Å². The summed E-state index contributed by atoms with van der Waals surface area (Å²) in [5.41, 5.74) is 0.552. The van der Waals surface area contributed by atoms with Gasteiger partial charge in [-0.3, -0.25) is 0 Å². The first-order valence-electron chi connectivity index (χ1n) is 5.24. The van der Waals surface area contributed by atoms with Crippen LogP contribution in [-0.4, -0.2) is 0 Å². The first kappa shape index (κ1) is 13.2. The van der Waals surface area contributed by atoms with E-state index in [2.05, 4.69) is 78.0 Å². The normalized spacial score (nSPS) is 15.0. The molecule has 0 aromatic heterocycles. The van der Waals surface area contributed by atoms with Crippen molar-refractivity contribution in [3.05, 3.63) is 36.5 Å². The lowest BCUT2D eigenvalue weighted by atomic mass is 9.96. The Bertz CT molecular complexity index is 200. The minimum Gasteiger partial charge on any atom is -0.0791 e. The molecule has 0 aliphatic heterocycles. The van der Waals surface area contributed by atoms with Crippen LogP contribution in [0.2, 0.25) is 0 Å². The van der Waals surface area contributed by atoms with Gasteiger partial charge in [-0.15, -0.1) is 0 Å². The molecule has 0 amide bonds. The smallest absolute Gasteiger partial charge is 0.0200 e. The molecule has 0 N–H and O–H groups in total. The lowest BCUT2D eigenvalue weighted by Crippen LogP contribution is -1.98. The van der Waals surface area contributed by atoms with Gasteiger partial charge in [-0.05, 0) is 10.8 Å². The number of hydrogen-bond acceptors (Lipinski definition) is 0. The molecule has 0 nitrogen and oxygen atoms in total. The predicted molar refractivity (Wildman–Crippen MR) is 66.3 cm³/mol. The molecule has 14 heavy (non-hydrogen) atoms. The van der Waals surface area contributed by atoms with Gasteiger partial charge in [0.05, 0.1) is 0 Å². The Hall–Kier alpha value is -0.780. The summed E-state index contributed by atoms with van der Waals surface area (Å²) in [7, 11) is 0. The third-order valence-corrected chi connectivity index (χ3v) is 1.53. The lowest BCUT2D eigenvalue weighted by Gasteiger charge is -2.10. The van der Waals surface area contributed by atoms with E-state index in [1.165, 1.54) is 0 Å². The highest BCUT2D eigenvalue weighted by atomic mass is 14.1. The van der Waals surface area contributed by atoms with Crippen LogP contribution in [0.3, 0.4) is 0 Å². The molecule has 0 heteroatoms. The van der Waals surface area contributed by atoms with E-state index >= 15 is 0 Å². The molecule has 0 bridgehead atoms. The van der Waals surface area contributed by atoms with Gasteiger partial charge in [0.2, 0.25) is 0 Å². The summed E-state index contributed by atoms with van der Waals surface area (Å²) in [5.74, 6) is 0. The van der Waals surface area contributed by atoms with Gasteiger partial charge in [0.1, 0.15) is 0 Å². The first-order valence-corrected chi connectivity index (χ1v) is 5.24. The van der Waals surface area contributed by atoms with E-state index < -0.39 is 0 Å². The van der Waals surface area contributed by atoms with Gasteiger partial charge in [-0.2, -0.15) is 0 Å². The van der Waals surface area contributed by atoms with Crippen LogP contribution >= 0.6 is 0 Å². The Kier molecular flexibility index (Phi) is 4.90. The molecular weight excluding hydrogens is 168 g/mol. The number of rotatable bonds is 2. The van der Waals surface area contributed by atoms with Gasteiger partial charge in [0, 0.05) is 0 Å². The van der Waals surface area contributed by atoms with Crippen LogP contribution in [0.25, 0.3) is 0 Å². The molecule has 0 saturated heterocycles. The molecular formula is C14H24. The quantitative estimate of drug-likeness (QED) is 0.554. The zero-order valence-electron chi connectivity index (χ0n) is 10.5. The van der Waals surface area contributed by atoms with Crippen molar-refractivity contribution in [2.75, 3.05) is 0 Å². The molecule has 0 aromatic rings. The van der Waals surface area contributed by atoms with Crippen molar-refractivity contribution in [1.82, 2.24) is 0 Å². The molecule has 0 aromatic carbocycles.